The van der Waals surface area contributed by atoms with Crippen molar-refractivity contribution in [3.63, 3.8) is 0 Å². The van der Waals surface area contributed by atoms with E-state index in [9.17, 15) is 0 Å². The first-order valence-electron chi connectivity index (χ1n) is 5.59. The van der Waals surface area contributed by atoms with Gasteiger partial charge in [0.2, 0.25) is 0 Å². The van der Waals surface area contributed by atoms with Gasteiger partial charge in [-0.15, -0.1) is 12.3 Å². The van der Waals surface area contributed by atoms with E-state index in [1.54, 1.807) is 0 Å². The largest absolute Gasteiger partial charge is 0.378 e. The van der Waals surface area contributed by atoms with Crippen molar-refractivity contribution in [2.45, 2.75) is 19.4 Å². The lowest BCUT2D eigenvalue weighted by molar-refractivity contribution is 0.584. The van der Waals surface area contributed by atoms with Crippen LogP contribution in [0.15, 0.2) is 24.3 Å². The van der Waals surface area contributed by atoms with Crippen LogP contribution in [0.2, 0.25) is 0 Å². The van der Waals surface area contributed by atoms with Gasteiger partial charge in [0.1, 0.15) is 0 Å². The summed E-state index contributed by atoms with van der Waals surface area (Å²) in [7, 11) is 4.09. The summed E-state index contributed by atoms with van der Waals surface area (Å²) in [5, 5.41) is 3.39. The van der Waals surface area contributed by atoms with E-state index in [0.717, 1.165) is 13.0 Å². The van der Waals surface area contributed by atoms with Crippen LogP contribution < -0.4 is 10.2 Å². The van der Waals surface area contributed by atoms with Crippen molar-refractivity contribution in [2.75, 3.05) is 25.5 Å². The van der Waals surface area contributed by atoms with Crippen LogP contribution in [-0.2, 0) is 0 Å². The van der Waals surface area contributed by atoms with Crippen molar-refractivity contribution in [2.24, 2.45) is 0 Å². The molecule has 86 valence electrons. The van der Waals surface area contributed by atoms with Gasteiger partial charge in [-0.3, -0.25) is 0 Å². The summed E-state index contributed by atoms with van der Waals surface area (Å²) in [5.41, 5.74) is 2.52. The van der Waals surface area contributed by atoms with Crippen LogP contribution in [0, 0.1) is 12.3 Å². The lowest BCUT2D eigenvalue weighted by atomic mass is 10.1. The van der Waals surface area contributed by atoms with Crippen LogP contribution in [0.5, 0.6) is 0 Å². The molecule has 1 aromatic carbocycles. The van der Waals surface area contributed by atoms with Crippen LogP contribution in [-0.4, -0.2) is 20.6 Å². The summed E-state index contributed by atoms with van der Waals surface area (Å²) < 4.78 is 0. The molecule has 1 unspecified atom stereocenters. The summed E-state index contributed by atoms with van der Waals surface area (Å²) in [5.74, 6) is 2.63. The average Bonchev–Trinajstić information content (AvgIpc) is 2.29. The molecule has 0 bridgehead atoms. The zero-order valence-electron chi connectivity index (χ0n) is 10.3. The standard InChI is InChI=1S/C14H20N2/c1-5-6-11-15-12(2)13-7-9-14(10-8-13)16(3)4/h1,7-10,12,15H,6,11H2,2-4H3. The lowest BCUT2D eigenvalue weighted by Gasteiger charge is -2.16. The number of nitrogens with zero attached hydrogens (tertiary/aromatic N) is 1. The molecule has 0 aliphatic carbocycles. The van der Waals surface area contributed by atoms with Crippen molar-refractivity contribution in [1.29, 1.82) is 0 Å². The van der Waals surface area contributed by atoms with E-state index in [2.05, 4.69) is 47.3 Å². The van der Waals surface area contributed by atoms with Crippen LogP contribution in [0.25, 0.3) is 0 Å². The first-order chi connectivity index (χ1) is 7.65. The SMILES string of the molecule is C#CCCNC(C)c1ccc(N(C)C)cc1. The molecule has 1 atom stereocenters. The quantitative estimate of drug-likeness (QED) is 0.600. The lowest BCUT2D eigenvalue weighted by Crippen LogP contribution is -2.19. The number of benzene rings is 1. The molecule has 2 heteroatoms. The third-order valence-corrected chi connectivity index (χ3v) is 2.63. The molecule has 0 radical (unpaired) electrons. The normalized spacial score (nSPS) is 11.9. The predicted octanol–water partition coefficient (Wildman–Crippen LogP) is 2.43. The zero-order chi connectivity index (χ0) is 12.0. The fourth-order valence-electron chi connectivity index (χ4n) is 1.54. The van der Waals surface area contributed by atoms with E-state index >= 15 is 0 Å². The molecular weight excluding hydrogens is 196 g/mol. The van der Waals surface area contributed by atoms with E-state index in [1.807, 2.05) is 14.1 Å². The highest BCUT2D eigenvalue weighted by Gasteiger charge is 2.04. The minimum Gasteiger partial charge on any atom is -0.378 e. The van der Waals surface area contributed by atoms with Crippen molar-refractivity contribution in [1.82, 2.24) is 5.32 Å². The number of hydrogen-bond acceptors (Lipinski definition) is 2. The maximum atomic E-state index is 5.21. The summed E-state index contributed by atoms with van der Waals surface area (Å²) in [4.78, 5) is 2.10. The van der Waals surface area contributed by atoms with Gasteiger partial charge in [-0.2, -0.15) is 0 Å². The van der Waals surface area contributed by atoms with E-state index in [1.165, 1.54) is 11.3 Å². The summed E-state index contributed by atoms with van der Waals surface area (Å²) in [6, 6.07) is 8.93. The van der Waals surface area contributed by atoms with Crippen molar-refractivity contribution in [3.05, 3.63) is 29.8 Å². The molecular formula is C14H20N2. The number of terminal acetylenes is 1. The maximum Gasteiger partial charge on any atom is 0.0361 e. The molecule has 0 spiro atoms. The second-order valence-electron chi connectivity index (χ2n) is 4.12. The minimum atomic E-state index is 0.351. The Bertz CT molecular complexity index is 346. The van der Waals surface area contributed by atoms with Gasteiger partial charge in [0.05, 0.1) is 0 Å². The zero-order valence-corrected chi connectivity index (χ0v) is 10.3. The number of hydrogen-bond donors (Lipinski definition) is 1. The molecule has 1 aromatic rings. The van der Waals surface area contributed by atoms with E-state index < -0.39 is 0 Å². The van der Waals surface area contributed by atoms with Gasteiger partial charge in [0, 0.05) is 38.8 Å². The fourth-order valence-corrected chi connectivity index (χ4v) is 1.54. The van der Waals surface area contributed by atoms with Crippen LogP contribution >= 0.6 is 0 Å². The second kappa shape index (κ2) is 6.19. The Kier molecular flexibility index (Phi) is 4.88. The molecule has 1 N–H and O–H groups in total. The Morgan fingerprint density at radius 3 is 2.44 bits per heavy atom. The van der Waals surface area contributed by atoms with E-state index in [0.29, 0.717) is 6.04 Å². The molecule has 0 heterocycles. The molecule has 0 aliphatic rings. The smallest absolute Gasteiger partial charge is 0.0361 e. The maximum absolute atomic E-state index is 5.21. The average molecular weight is 216 g/mol. The molecule has 0 saturated carbocycles. The molecule has 0 amide bonds. The van der Waals surface area contributed by atoms with Gasteiger partial charge < -0.3 is 10.2 Å². The molecule has 0 saturated heterocycles. The molecule has 0 aromatic heterocycles. The number of rotatable bonds is 5. The highest BCUT2D eigenvalue weighted by molar-refractivity contribution is 5.46. The van der Waals surface area contributed by atoms with Crippen LogP contribution in [0.4, 0.5) is 5.69 Å². The highest BCUT2D eigenvalue weighted by atomic mass is 15.1. The summed E-state index contributed by atoms with van der Waals surface area (Å²) in [6.07, 6.45) is 5.99. The first kappa shape index (κ1) is 12.6. The van der Waals surface area contributed by atoms with Gasteiger partial charge in [0.25, 0.3) is 0 Å². The van der Waals surface area contributed by atoms with Crippen molar-refractivity contribution in [3.8, 4) is 12.3 Å². The van der Waals surface area contributed by atoms with Gasteiger partial charge in [-0.05, 0) is 24.6 Å². The predicted molar refractivity (Wildman–Crippen MR) is 70.6 cm³/mol. The Morgan fingerprint density at radius 2 is 1.94 bits per heavy atom. The van der Waals surface area contributed by atoms with Gasteiger partial charge in [0.15, 0.2) is 0 Å². The molecule has 0 fully saturated rings. The summed E-state index contributed by atoms with van der Waals surface area (Å²) >= 11 is 0. The van der Waals surface area contributed by atoms with E-state index in [4.69, 9.17) is 6.42 Å². The Hall–Kier alpha value is -1.46. The Balaban J connectivity index is 2.56. The van der Waals surface area contributed by atoms with E-state index in [-0.39, 0.29) is 0 Å². The fraction of sp³-hybridized carbons (Fsp3) is 0.429. The molecule has 1 rings (SSSR count). The Labute approximate surface area is 98.7 Å². The highest BCUT2D eigenvalue weighted by Crippen LogP contribution is 2.17. The Morgan fingerprint density at radius 1 is 1.31 bits per heavy atom. The van der Waals surface area contributed by atoms with Gasteiger partial charge in [-0.25, -0.2) is 0 Å². The van der Waals surface area contributed by atoms with Crippen molar-refractivity contribution < 1.29 is 0 Å². The molecule has 16 heavy (non-hydrogen) atoms. The van der Waals surface area contributed by atoms with Crippen LogP contribution in [0.3, 0.4) is 0 Å². The van der Waals surface area contributed by atoms with Crippen LogP contribution in [0.1, 0.15) is 24.9 Å². The molecule has 2 nitrogen and oxygen atoms in total. The number of nitrogens with one attached hydrogen (secondary N) is 1. The summed E-state index contributed by atoms with van der Waals surface area (Å²) in [6.45, 7) is 3.02. The molecule has 0 aliphatic heterocycles. The topological polar surface area (TPSA) is 15.3 Å². The van der Waals surface area contributed by atoms with Crippen molar-refractivity contribution >= 4 is 5.69 Å². The number of anilines is 1. The first-order valence-corrected chi connectivity index (χ1v) is 5.59. The van der Waals surface area contributed by atoms with Gasteiger partial charge in [-0.1, -0.05) is 12.1 Å². The minimum absolute atomic E-state index is 0.351. The van der Waals surface area contributed by atoms with Gasteiger partial charge >= 0.3 is 0 Å². The third-order valence-electron chi connectivity index (χ3n) is 2.63. The second-order valence-corrected chi connectivity index (χ2v) is 4.12. The monoisotopic (exact) mass is 216 g/mol. The third kappa shape index (κ3) is 3.60.